The van der Waals surface area contributed by atoms with E-state index in [0.717, 1.165) is 5.56 Å². The topological polar surface area (TPSA) is 46.5 Å². The van der Waals surface area contributed by atoms with Crippen LogP contribution in [-0.2, 0) is 0 Å². The number of hydrogen-bond acceptors (Lipinski definition) is 2. The van der Waals surface area contributed by atoms with Crippen LogP contribution in [0.1, 0.15) is 33.8 Å². The first-order chi connectivity index (χ1) is 9.50. The molecule has 0 aromatic heterocycles. The normalized spacial score (nSPS) is 11.9. The summed E-state index contributed by atoms with van der Waals surface area (Å²) in [5.74, 6) is 0.331. The Morgan fingerprint density at radius 3 is 2.40 bits per heavy atom. The Morgan fingerprint density at radius 1 is 1.20 bits per heavy atom. The molecule has 2 aromatic carbocycles. The zero-order chi connectivity index (χ0) is 14.7. The molecule has 0 saturated heterocycles. The first-order valence-corrected chi connectivity index (χ1v) is 6.68. The van der Waals surface area contributed by atoms with Crippen molar-refractivity contribution in [2.24, 2.45) is 0 Å². The van der Waals surface area contributed by atoms with Crippen LogP contribution in [-0.4, -0.2) is 11.1 Å². The molecule has 0 amide bonds. The lowest BCUT2D eigenvalue weighted by Gasteiger charge is -2.16. The van der Waals surface area contributed by atoms with Crippen LogP contribution < -0.4 is 4.74 Å². The number of carboxylic acids is 1. The van der Waals surface area contributed by atoms with Crippen molar-refractivity contribution in [1.82, 2.24) is 0 Å². The number of ether oxygens (including phenoxy) is 1. The molecule has 0 fully saturated rings. The Kier molecular flexibility index (Phi) is 4.30. The van der Waals surface area contributed by atoms with Gasteiger partial charge in [0, 0.05) is 0 Å². The predicted octanol–water partition coefficient (Wildman–Crippen LogP) is 4.79. The molecule has 1 unspecified atom stereocenters. The molecule has 20 heavy (non-hydrogen) atoms. The van der Waals surface area contributed by atoms with E-state index in [4.69, 9.17) is 16.3 Å². The minimum atomic E-state index is -0.984. The Balaban J connectivity index is 2.46. The standard InChI is InChI=1S/C16H15ClO3/c1-10-14(20-12-6-4-3-5-7-12)9-8-13(16(18)19)15(10)11(2)17/h3-9,11H,1-2H3,(H,18,19). The summed E-state index contributed by atoms with van der Waals surface area (Å²) in [7, 11) is 0. The third kappa shape index (κ3) is 2.94. The van der Waals surface area contributed by atoms with E-state index in [1.165, 1.54) is 6.07 Å². The molecule has 4 heteroatoms. The number of aromatic carboxylic acids is 1. The smallest absolute Gasteiger partial charge is 0.336 e. The van der Waals surface area contributed by atoms with Gasteiger partial charge in [0.2, 0.25) is 0 Å². The van der Waals surface area contributed by atoms with E-state index in [2.05, 4.69) is 0 Å². The Morgan fingerprint density at radius 2 is 1.85 bits per heavy atom. The summed E-state index contributed by atoms with van der Waals surface area (Å²) in [5.41, 5.74) is 1.55. The summed E-state index contributed by atoms with van der Waals surface area (Å²) in [6.45, 7) is 3.57. The fraction of sp³-hybridized carbons (Fsp3) is 0.188. The van der Waals surface area contributed by atoms with Crippen LogP contribution in [0.25, 0.3) is 0 Å². The Hall–Kier alpha value is -2.00. The van der Waals surface area contributed by atoms with Crippen LogP contribution in [0.3, 0.4) is 0 Å². The first kappa shape index (κ1) is 14.4. The van der Waals surface area contributed by atoms with Crippen molar-refractivity contribution in [1.29, 1.82) is 0 Å². The van der Waals surface area contributed by atoms with E-state index in [9.17, 15) is 9.90 Å². The predicted molar refractivity (Wildman–Crippen MR) is 78.9 cm³/mol. The highest BCUT2D eigenvalue weighted by atomic mass is 35.5. The Labute approximate surface area is 122 Å². The maximum atomic E-state index is 11.2. The van der Waals surface area contributed by atoms with Gasteiger partial charge in [-0.15, -0.1) is 11.6 Å². The van der Waals surface area contributed by atoms with Gasteiger partial charge in [0.25, 0.3) is 0 Å². The van der Waals surface area contributed by atoms with Gasteiger partial charge in [-0.05, 0) is 49.2 Å². The van der Waals surface area contributed by atoms with Crippen molar-refractivity contribution in [3.8, 4) is 11.5 Å². The van der Waals surface area contributed by atoms with Crippen LogP contribution in [0, 0.1) is 6.92 Å². The first-order valence-electron chi connectivity index (χ1n) is 6.24. The number of benzene rings is 2. The highest BCUT2D eigenvalue weighted by molar-refractivity contribution is 6.21. The van der Waals surface area contributed by atoms with Crippen LogP contribution in [0.5, 0.6) is 11.5 Å². The Bertz CT molecular complexity index is 621. The van der Waals surface area contributed by atoms with Gasteiger partial charge in [0.15, 0.2) is 0 Å². The van der Waals surface area contributed by atoms with Crippen LogP contribution in [0.2, 0.25) is 0 Å². The summed E-state index contributed by atoms with van der Waals surface area (Å²) in [6, 6.07) is 12.5. The van der Waals surface area contributed by atoms with Crippen molar-refractivity contribution in [2.45, 2.75) is 19.2 Å². The third-order valence-electron chi connectivity index (χ3n) is 3.06. The minimum absolute atomic E-state index is 0.213. The number of carbonyl (C=O) groups is 1. The summed E-state index contributed by atoms with van der Waals surface area (Å²) in [6.07, 6.45) is 0. The van der Waals surface area contributed by atoms with Crippen LogP contribution in [0.15, 0.2) is 42.5 Å². The summed E-state index contributed by atoms with van der Waals surface area (Å²) < 4.78 is 5.78. The summed E-state index contributed by atoms with van der Waals surface area (Å²) in [4.78, 5) is 11.2. The molecule has 1 atom stereocenters. The van der Waals surface area contributed by atoms with E-state index in [0.29, 0.717) is 17.1 Å². The lowest BCUT2D eigenvalue weighted by atomic mass is 9.98. The molecular weight excluding hydrogens is 276 g/mol. The van der Waals surface area contributed by atoms with Gasteiger partial charge in [0.05, 0.1) is 10.9 Å². The number of para-hydroxylation sites is 1. The summed E-state index contributed by atoms with van der Waals surface area (Å²) >= 11 is 6.11. The molecule has 104 valence electrons. The molecule has 0 bridgehead atoms. The van der Waals surface area contributed by atoms with Crippen molar-refractivity contribution in [2.75, 3.05) is 0 Å². The van der Waals surface area contributed by atoms with Crippen molar-refractivity contribution < 1.29 is 14.6 Å². The molecule has 0 spiro atoms. The van der Waals surface area contributed by atoms with Crippen LogP contribution in [0.4, 0.5) is 0 Å². The number of hydrogen-bond donors (Lipinski definition) is 1. The maximum absolute atomic E-state index is 11.2. The van der Waals surface area contributed by atoms with E-state index >= 15 is 0 Å². The van der Waals surface area contributed by atoms with Gasteiger partial charge in [-0.3, -0.25) is 0 Å². The van der Waals surface area contributed by atoms with E-state index in [1.54, 1.807) is 13.0 Å². The quantitative estimate of drug-likeness (QED) is 0.824. The monoisotopic (exact) mass is 290 g/mol. The average molecular weight is 291 g/mol. The molecule has 0 aliphatic carbocycles. The maximum Gasteiger partial charge on any atom is 0.336 e. The molecule has 0 aliphatic heterocycles. The molecular formula is C16H15ClO3. The molecule has 2 rings (SSSR count). The van der Waals surface area contributed by atoms with Gasteiger partial charge in [-0.25, -0.2) is 4.79 Å². The van der Waals surface area contributed by atoms with Crippen LogP contribution >= 0.6 is 11.6 Å². The highest BCUT2D eigenvalue weighted by Crippen LogP contribution is 2.34. The molecule has 0 aliphatic rings. The fourth-order valence-electron chi connectivity index (χ4n) is 2.13. The number of alkyl halides is 1. The second kappa shape index (κ2) is 5.97. The van der Waals surface area contributed by atoms with Gasteiger partial charge in [-0.1, -0.05) is 18.2 Å². The van der Waals surface area contributed by atoms with Gasteiger partial charge < -0.3 is 9.84 Å². The zero-order valence-electron chi connectivity index (χ0n) is 11.3. The number of carboxylic acid groups (broad SMARTS) is 1. The molecule has 0 saturated carbocycles. The number of halogens is 1. The molecule has 3 nitrogen and oxygen atoms in total. The van der Waals surface area contributed by atoms with Crippen molar-refractivity contribution in [3.05, 3.63) is 59.2 Å². The molecule has 0 heterocycles. The van der Waals surface area contributed by atoms with Crippen molar-refractivity contribution >= 4 is 17.6 Å². The molecule has 0 radical (unpaired) electrons. The molecule has 2 aromatic rings. The van der Waals surface area contributed by atoms with E-state index in [1.807, 2.05) is 37.3 Å². The second-order valence-corrected chi connectivity index (χ2v) is 5.14. The van der Waals surface area contributed by atoms with Gasteiger partial charge >= 0.3 is 5.97 Å². The fourth-order valence-corrected chi connectivity index (χ4v) is 2.41. The largest absolute Gasteiger partial charge is 0.478 e. The summed E-state index contributed by atoms with van der Waals surface area (Å²) in [5, 5.41) is 8.82. The van der Waals surface area contributed by atoms with Gasteiger partial charge in [-0.2, -0.15) is 0 Å². The average Bonchev–Trinajstić information content (AvgIpc) is 2.41. The number of rotatable bonds is 4. The van der Waals surface area contributed by atoms with Crippen molar-refractivity contribution in [3.63, 3.8) is 0 Å². The second-order valence-electron chi connectivity index (χ2n) is 4.49. The lowest BCUT2D eigenvalue weighted by Crippen LogP contribution is -2.06. The van der Waals surface area contributed by atoms with E-state index < -0.39 is 11.3 Å². The highest BCUT2D eigenvalue weighted by Gasteiger charge is 2.19. The third-order valence-corrected chi connectivity index (χ3v) is 3.28. The van der Waals surface area contributed by atoms with Gasteiger partial charge in [0.1, 0.15) is 11.5 Å². The van der Waals surface area contributed by atoms with E-state index in [-0.39, 0.29) is 5.56 Å². The minimum Gasteiger partial charge on any atom is -0.478 e. The molecule has 1 N–H and O–H groups in total. The SMILES string of the molecule is Cc1c(Oc2ccccc2)ccc(C(=O)O)c1C(C)Cl. The lowest BCUT2D eigenvalue weighted by molar-refractivity contribution is 0.0695. The zero-order valence-corrected chi connectivity index (χ0v) is 12.0.